The maximum Gasteiger partial charge on any atom is 0.262 e. The number of carbonyl (C=O) groups is 1. The van der Waals surface area contributed by atoms with Crippen LogP contribution in [0.2, 0.25) is 0 Å². The fraction of sp³-hybridized carbons (Fsp3) is 0.381. The number of amides is 1. The molecule has 1 aliphatic heterocycles. The predicted molar refractivity (Wildman–Crippen MR) is 104 cm³/mol. The summed E-state index contributed by atoms with van der Waals surface area (Å²) in [4.78, 5) is 14.3. The van der Waals surface area contributed by atoms with Gasteiger partial charge >= 0.3 is 0 Å². The normalized spacial score (nSPS) is 15.9. The molecule has 2 aromatic carbocycles. The Morgan fingerprint density at radius 2 is 1.81 bits per heavy atom. The Morgan fingerprint density at radius 1 is 1.11 bits per heavy atom. The van der Waals surface area contributed by atoms with Crippen molar-refractivity contribution < 1.29 is 19.4 Å². The summed E-state index contributed by atoms with van der Waals surface area (Å²) < 4.78 is 10.8. The zero-order valence-electron chi connectivity index (χ0n) is 15.3. The molecule has 0 radical (unpaired) electrons. The summed E-state index contributed by atoms with van der Waals surface area (Å²) in [7, 11) is 0. The van der Waals surface area contributed by atoms with Gasteiger partial charge in [-0.15, -0.1) is 0 Å². The molecular formula is C21H26N2O4. The van der Waals surface area contributed by atoms with Crippen LogP contribution in [-0.4, -0.2) is 55.4 Å². The van der Waals surface area contributed by atoms with Gasteiger partial charge in [-0.3, -0.25) is 9.69 Å². The number of morpholine rings is 1. The van der Waals surface area contributed by atoms with Crippen LogP contribution in [0.15, 0.2) is 54.6 Å². The molecule has 0 bridgehead atoms. The van der Waals surface area contributed by atoms with Crippen LogP contribution in [0.1, 0.15) is 18.1 Å². The van der Waals surface area contributed by atoms with Crippen LogP contribution < -0.4 is 10.1 Å². The van der Waals surface area contributed by atoms with Gasteiger partial charge in [-0.25, -0.2) is 0 Å². The molecule has 27 heavy (non-hydrogen) atoms. The number of hydrogen-bond acceptors (Lipinski definition) is 5. The Bertz CT molecular complexity index is 700. The summed E-state index contributed by atoms with van der Waals surface area (Å²) >= 11 is 0. The lowest BCUT2D eigenvalue weighted by atomic mass is 10.1. The van der Waals surface area contributed by atoms with Crippen molar-refractivity contribution in [3.63, 3.8) is 0 Å². The number of aliphatic hydroxyl groups excluding tert-OH is 1. The highest BCUT2D eigenvalue weighted by Gasteiger charge is 2.14. The Morgan fingerprint density at radius 3 is 2.52 bits per heavy atom. The minimum absolute atomic E-state index is 0.0477. The van der Waals surface area contributed by atoms with Crippen molar-refractivity contribution in [3.05, 3.63) is 60.2 Å². The minimum atomic E-state index is -0.515. The number of benzene rings is 2. The molecule has 144 valence electrons. The van der Waals surface area contributed by atoms with E-state index in [1.54, 1.807) is 24.3 Å². The summed E-state index contributed by atoms with van der Waals surface area (Å²) in [6.07, 6.45) is 0.162. The number of hydrogen-bond donors (Lipinski definition) is 2. The van der Waals surface area contributed by atoms with E-state index in [0.717, 1.165) is 38.4 Å². The molecule has 0 aliphatic carbocycles. The van der Waals surface area contributed by atoms with E-state index < -0.39 is 6.10 Å². The lowest BCUT2D eigenvalue weighted by Crippen LogP contribution is -2.37. The standard InChI is InChI=1S/C21H26N2O4/c24-20(10-11-23-12-14-26-15-13-23)17-6-8-18(9-7-17)22-21(25)16-27-19-4-2-1-3-5-19/h1-9,20,24H,10-16H2,(H,22,25). The highest BCUT2D eigenvalue weighted by atomic mass is 16.5. The second-order valence-corrected chi connectivity index (χ2v) is 6.53. The van der Waals surface area contributed by atoms with E-state index in [1.807, 2.05) is 30.3 Å². The number of rotatable bonds is 8. The van der Waals surface area contributed by atoms with Crippen molar-refractivity contribution in [1.29, 1.82) is 0 Å². The van der Waals surface area contributed by atoms with Crippen LogP contribution >= 0.6 is 0 Å². The summed E-state index contributed by atoms with van der Waals surface area (Å²) in [5.74, 6) is 0.436. The average Bonchev–Trinajstić information content (AvgIpc) is 2.72. The van der Waals surface area contributed by atoms with Gasteiger partial charge in [0.15, 0.2) is 6.61 Å². The summed E-state index contributed by atoms with van der Waals surface area (Å²) in [5, 5.41) is 13.2. The first-order valence-electron chi connectivity index (χ1n) is 9.26. The molecular weight excluding hydrogens is 344 g/mol. The first kappa shape index (κ1) is 19.4. The maximum atomic E-state index is 12.0. The fourth-order valence-electron chi connectivity index (χ4n) is 2.95. The van der Waals surface area contributed by atoms with Gasteiger partial charge in [-0.2, -0.15) is 0 Å². The first-order valence-corrected chi connectivity index (χ1v) is 9.26. The third kappa shape index (κ3) is 6.36. The van der Waals surface area contributed by atoms with Crippen LogP contribution in [0.5, 0.6) is 5.75 Å². The predicted octanol–water partition coefficient (Wildman–Crippen LogP) is 2.46. The van der Waals surface area contributed by atoms with Gasteiger partial charge in [0.1, 0.15) is 5.75 Å². The minimum Gasteiger partial charge on any atom is -0.484 e. The summed E-state index contributed by atoms with van der Waals surface area (Å²) in [6.45, 7) is 4.16. The second-order valence-electron chi connectivity index (χ2n) is 6.53. The monoisotopic (exact) mass is 370 g/mol. The molecule has 3 rings (SSSR count). The van der Waals surface area contributed by atoms with Crippen LogP contribution in [-0.2, 0) is 9.53 Å². The molecule has 1 amide bonds. The van der Waals surface area contributed by atoms with E-state index in [4.69, 9.17) is 9.47 Å². The van der Waals surface area contributed by atoms with Gasteiger partial charge < -0.3 is 19.9 Å². The van der Waals surface area contributed by atoms with Gasteiger partial charge in [0.05, 0.1) is 19.3 Å². The number of carbonyl (C=O) groups excluding carboxylic acids is 1. The molecule has 2 aromatic rings. The van der Waals surface area contributed by atoms with Crippen LogP contribution in [0.4, 0.5) is 5.69 Å². The largest absolute Gasteiger partial charge is 0.484 e. The zero-order chi connectivity index (χ0) is 18.9. The third-order valence-corrected chi connectivity index (χ3v) is 4.51. The van der Waals surface area contributed by atoms with Crippen molar-refractivity contribution in [2.24, 2.45) is 0 Å². The van der Waals surface area contributed by atoms with Crippen LogP contribution in [0.25, 0.3) is 0 Å². The Labute approximate surface area is 159 Å². The molecule has 1 unspecified atom stereocenters. The average molecular weight is 370 g/mol. The van der Waals surface area contributed by atoms with Gasteiger partial charge in [-0.05, 0) is 36.2 Å². The maximum absolute atomic E-state index is 12.0. The zero-order valence-corrected chi connectivity index (χ0v) is 15.3. The molecule has 6 nitrogen and oxygen atoms in total. The molecule has 2 N–H and O–H groups in total. The molecule has 1 heterocycles. The third-order valence-electron chi connectivity index (χ3n) is 4.51. The van der Waals surface area contributed by atoms with E-state index in [0.29, 0.717) is 17.9 Å². The smallest absolute Gasteiger partial charge is 0.262 e. The molecule has 1 fully saturated rings. The van der Waals surface area contributed by atoms with Crippen molar-refractivity contribution >= 4 is 11.6 Å². The van der Waals surface area contributed by atoms with Crippen molar-refractivity contribution in [2.45, 2.75) is 12.5 Å². The highest BCUT2D eigenvalue weighted by Crippen LogP contribution is 2.20. The van der Waals surface area contributed by atoms with Gasteiger partial charge in [0.2, 0.25) is 0 Å². The van der Waals surface area contributed by atoms with Crippen LogP contribution in [0, 0.1) is 0 Å². The molecule has 0 aromatic heterocycles. The molecule has 1 aliphatic rings. The highest BCUT2D eigenvalue weighted by molar-refractivity contribution is 5.91. The number of anilines is 1. The molecule has 1 atom stereocenters. The van der Waals surface area contributed by atoms with Crippen LogP contribution in [0.3, 0.4) is 0 Å². The summed E-state index contributed by atoms with van der Waals surface area (Å²) in [5.41, 5.74) is 1.53. The van der Waals surface area contributed by atoms with E-state index in [1.165, 1.54) is 0 Å². The quantitative estimate of drug-likeness (QED) is 0.747. The lowest BCUT2D eigenvalue weighted by molar-refractivity contribution is -0.118. The van der Waals surface area contributed by atoms with Gasteiger partial charge in [-0.1, -0.05) is 30.3 Å². The number of nitrogens with zero attached hydrogens (tertiary/aromatic N) is 1. The Balaban J connectivity index is 1.42. The van der Waals surface area contributed by atoms with Gasteiger partial charge in [0.25, 0.3) is 5.91 Å². The Kier molecular flexibility index (Phi) is 7.21. The molecule has 0 saturated carbocycles. The number of para-hydroxylation sites is 1. The van der Waals surface area contributed by atoms with Gasteiger partial charge in [0, 0.05) is 25.3 Å². The van der Waals surface area contributed by atoms with E-state index >= 15 is 0 Å². The molecule has 6 heteroatoms. The van der Waals surface area contributed by atoms with E-state index in [9.17, 15) is 9.90 Å². The number of aliphatic hydroxyl groups is 1. The number of nitrogens with one attached hydrogen (secondary N) is 1. The fourth-order valence-corrected chi connectivity index (χ4v) is 2.95. The second kappa shape index (κ2) is 10.1. The summed E-state index contributed by atoms with van der Waals surface area (Å²) in [6, 6.07) is 16.5. The molecule has 0 spiro atoms. The topological polar surface area (TPSA) is 71.0 Å². The first-order chi connectivity index (χ1) is 13.2. The molecule has 1 saturated heterocycles. The Hall–Kier alpha value is -2.41. The van der Waals surface area contributed by atoms with E-state index in [2.05, 4.69) is 10.2 Å². The van der Waals surface area contributed by atoms with E-state index in [-0.39, 0.29) is 12.5 Å². The SMILES string of the molecule is O=C(COc1ccccc1)Nc1ccc(C(O)CCN2CCOCC2)cc1. The van der Waals surface area contributed by atoms with Crippen molar-refractivity contribution in [3.8, 4) is 5.75 Å². The number of ether oxygens (including phenoxy) is 2. The van der Waals surface area contributed by atoms with Crippen molar-refractivity contribution in [1.82, 2.24) is 4.90 Å². The van der Waals surface area contributed by atoms with Crippen molar-refractivity contribution in [2.75, 3.05) is 44.8 Å². The lowest BCUT2D eigenvalue weighted by Gasteiger charge is -2.27.